The predicted molar refractivity (Wildman–Crippen MR) is 104 cm³/mol. The number of ether oxygens (including phenoxy) is 2. The van der Waals surface area contributed by atoms with Gasteiger partial charge in [0.05, 0.1) is 7.11 Å². The highest BCUT2D eigenvalue weighted by atomic mass is 16.5. The van der Waals surface area contributed by atoms with Crippen LogP contribution < -0.4 is 9.47 Å². The molecule has 0 bridgehead atoms. The van der Waals surface area contributed by atoms with Gasteiger partial charge in [0.1, 0.15) is 23.7 Å². The summed E-state index contributed by atoms with van der Waals surface area (Å²) in [6.07, 6.45) is 0.999. The second-order valence-corrected chi connectivity index (χ2v) is 7.28. The molecule has 3 rings (SSSR count). The molecule has 0 saturated carbocycles. The number of nitrogens with zero attached hydrogens (tertiary/aromatic N) is 1. The van der Waals surface area contributed by atoms with E-state index >= 15 is 0 Å². The van der Waals surface area contributed by atoms with Gasteiger partial charge in [-0.05, 0) is 74.2 Å². The smallest absolute Gasteiger partial charge is 0.253 e. The summed E-state index contributed by atoms with van der Waals surface area (Å²) >= 11 is 0. The number of carbonyl (C=O) groups is 1. The van der Waals surface area contributed by atoms with Crippen molar-refractivity contribution in [2.45, 2.75) is 32.3 Å². The molecular formula is C22H27NO4. The maximum absolute atomic E-state index is 12.6. The molecule has 1 N–H and O–H groups in total. The first-order valence-corrected chi connectivity index (χ1v) is 9.26. The molecule has 1 fully saturated rings. The number of rotatable bonds is 5. The minimum Gasteiger partial charge on any atom is -0.497 e. The van der Waals surface area contributed by atoms with E-state index < -0.39 is 5.60 Å². The Labute approximate surface area is 160 Å². The van der Waals surface area contributed by atoms with Gasteiger partial charge in [-0.15, -0.1) is 0 Å². The van der Waals surface area contributed by atoms with E-state index in [-0.39, 0.29) is 12.5 Å². The summed E-state index contributed by atoms with van der Waals surface area (Å²) < 4.78 is 10.9. The average molecular weight is 369 g/mol. The standard InChI is InChI=1S/C22H27NO4/c1-16-4-7-20(14-17(16)2)27-15-22(25)10-12-23(13-11-22)21(24)18-5-8-19(26-3)9-6-18/h4-9,14,25H,10-13,15H2,1-3H3. The molecule has 0 unspecified atom stereocenters. The second kappa shape index (κ2) is 8.01. The Balaban J connectivity index is 1.54. The molecule has 144 valence electrons. The summed E-state index contributed by atoms with van der Waals surface area (Å²) in [4.78, 5) is 14.4. The maximum atomic E-state index is 12.6. The first-order chi connectivity index (χ1) is 12.9. The molecule has 0 spiro atoms. The van der Waals surface area contributed by atoms with Gasteiger partial charge in [-0.3, -0.25) is 4.79 Å². The van der Waals surface area contributed by atoms with Gasteiger partial charge >= 0.3 is 0 Å². The molecule has 5 heteroatoms. The minimum atomic E-state index is -0.907. The molecule has 0 atom stereocenters. The maximum Gasteiger partial charge on any atom is 0.253 e. The lowest BCUT2D eigenvalue weighted by Crippen LogP contribution is -2.49. The number of amides is 1. The molecule has 0 radical (unpaired) electrons. The first-order valence-electron chi connectivity index (χ1n) is 9.26. The molecular weight excluding hydrogens is 342 g/mol. The lowest BCUT2D eigenvalue weighted by Gasteiger charge is -2.38. The van der Waals surface area contributed by atoms with Crippen LogP contribution in [0.3, 0.4) is 0 Å². The fraction of sp³-hybridized carbons (Fsp3) is 0.409. The van der Waals surface area contributed by atoms with E-state index in [1.807, 2.05) is 25.1 Å². The Morgan fingerprint density at radius 1 is 1.04 bits per heavy atom. The number of benzene rings is 2. The summed E-state index contributed by atoms with van der Waals surface area (Å²) in [7, 11) is 1.60. The number of hydrogen-bond donors (Lipinski definition) is 1. The molecule has 1 heterocycles. The zero-order chi connectivity index (χ0) is 19.4. The molecule has 2 aromatic rings. The van der Waals surface area contributed by atoms with E-state index in [9.17, 15) is 9.90 Å². The Kier molecular flexibility index (Phi) is 5.71. The summed E-state index contributed by atoms with van der Waals surface area (Å²) in [6.45, 7) is 5.36. The monoisotopic (exact) mass is 369 g/mol. The molecule has 1 aliphatic heterocycles. The van der Waals surface area contributed by atoms with Gasteiger partial charge in [0.15, 0.2) is 0 Å². The Bertz CT molecular complexity index is 792. The van der Waals surface area contributed by atoms with Crippen molar-refractivity contribution in [2.75, 3.05) is 26.8 Å². The van der Waals surface area contributed by atoms with Crippen molar-refractivity contribution < 1.29 is 19.4 Å². The Morgan fingerprint density at radius 3 is 2.26 bits per heavy atom. The summed E-state index contributed by atoms with van der Waals surface area (Å²) in [5, 5.41) is 10.8. The first kappa shape index (κ1) is 19.2. The summed E-state index contributed by atoms with van der Waals surface area (Å²) in [5.41, 5.74) is 2.11. The Morgan fingerprint density at radius 2 is 1.67 bits per heavy atom. The molecule has 5 nitrogen and oxygen atoms in total. The topological polar surface area (TPSA) is 59.0 Å². The number of hydrogen-bond acceptors (Lipinski definition) is 4. The molecule has 27 heavy (non-hydrogen) atoms. The van der Waals surface area contributed by atoms with Crippen molar-refractivity contribution in [1.82, 2.24) is 4.90 Å². The normalized spacial score (nSPS) is 16.1. The van der Waals surface area contributed by atoms with Crippen LogP contribution in [0.5, 0.6) is 11.5 Å². The van der Waals surface area contributed by atoms with Crippen LogP contribution in [-0.2, 0) is 0 Å². The third kappa shape index (κ3) is 4.61. The third-order valence-electron chi connectivity index (χ3n) is 5.30. The lowest BCUT2D eigenvalue weighted by molar-refractivity contribution is -0.0475. The molecule has 2 aromatic carbocycles. The van der Waals surface area contributed by atoms with Crippen LogP contribution in [0.25, 0.3) is 0 Å². The quantitative estimate of drug-likeness (QED) is 0.878. The van der Waals surface area contributed by atoms with Crippen molar-refractivity contribution in [1.29, 1.82) is 0 Å². The number of aliphatic hydroxyl groups is 1. The van der Waals surface area contributed by atoms with Crippen molar-refractivity contribution >= 4 is 5.91 Å². The summed E-state index contributed by atoms with van der Waals surface area (Å²) in [6, 6.07) is 13.0. The van der Waals surface area contributed by atoms with E-state index in [4.69, 9.17) is 9.47 Å². The fourth-order valence-electron chi connectivity index (χ4n) is 3.21. The number of carbonyl (C=O) groups excluding carboxylic acids is 1. The Hall–Kier alpha value is -2.53. The lowest BCUT2D eigenvalue weighted by atomic mass is 9.92. The molecule has 1 amide bonds. The summed E-state index contributed by atoms with van der Waals surface area (Å²) in [5.74, 6) is 1.47. The van der Waals surface area contributed by atoms with Crippen LogP contribution in [0, 0.1) is 13.8 Å². The van der Waals surface area contributed by atoms with E-state index in [2.05, 4.69) is 6.92 Å². The largest absolute Gasteiger partial charge is 0.497 e. The highest BCUT2D eigenvalue weighted by Gasteiger charge is 2.35. The molecule has 0 aliphatic carbocycles. The van der Waals surface area contributed by atoms with Gasteiger partial charge in [-0.25, -0.2) is 0 Å². The SMILES string of the molecule is COc1ccc(C(=O)N2CCC(O)(COc3ccc(C)c(C)c3)CC2)cc1. The van der Waals surface area contributed by atoms with Crippen LogP contribution in [-0.4, -0.2) is 48.3 Å². The molecule has 0 aromatic heterocycles. The number of likely N-dealkylation sites (tertiary alicyclic amines) is 1. The molecule has 1 aliphatic rings. The van der Waals surface area contributed by atoms with Gasteiger partial charge in [0.25, 0.3) is 5.91 Å². The number of methoxy groups -OCH3 is 1. The van der Waals surface area contributed by atoms with E-state index in [1.165, 1.54) is 11.1 Å². The van der Waals surface area contributed by atoms with Gasteiger partial charge in [-0.2, -0.15) is 0 Å². The second-order valence-electron chi connectivity index (χ2n) is 7.28. The van der Waals surface area contributed by atoms with Crippen LogP contribution in [0.15, 0.2) is 42.5 Å². The van der Waals surface area contributed by atoms with Crippen molar-refractivity contribution in [2.24, 2.45) is 0 Å². The minimum absolute atomic E-state index is 0.0187. The van der Waals surface area contributed by atoms with E-state index in [1.54, 1.807) is 36.3 Å². The highest BCUT2D eigenvalue weighted by molar-refractivity contribution is 5.94. The van der Waals surface area contributed by atoms with Crippen LogP contribution in [0.2, 0.25) is 0 Å². The van der Waals surface area contributed by atoms with Gasteiger partial charge in [0, 0.05) is 18.7 Å². The van der Waals surface area contributed by atoms with Gasteiger partial charge in [0.2, 0.25) is 0 Å². The number of aryl methyl sites for hydroxylation is 2. The average Bonchev–Trinajstić information content (AvgIpc) is 2.69. The van der Waals surface area contributed by atoms with Crippen LogP contribution >= 0.6 is 0 Å². The van der Waals surface area contributed by atoms with Gasteiger partial charge < -0.3 is 19.5 Å². The van der Waals surface area contributed by atoms with Crippen molar-refractivity contribution in [3.63, 3.8) is 0 Å². The highest BCUT2D eigenvalue weighted by Crippen LogP contribution is 2.26. The zero-order valence-corrected chi connectivity index (χ0v) is 16.2. The number of piperidine rings is 1. The van der Waals surface area contributed by atoms with Crippen molar-refractivity contribution in [3.05, 3.63) is 59.2 Å². The zero-order valence-electron chi connectivity index (χ0n) is 16.2. The van der Waals surface area contributed by atoms with Crippen LogP contribution in [0.1, 0.15) is 34.3 Å². The predicted octanol–water partition coefficient (Wildman–Crippen LogP) is 3.36. The van der Waals surface area contributed by atoms with E-state index in [0.29, 0.717) is 31.5 Å². The molecule has 1 saturated heterocycles. The van der Waals surface area contributed by atoms with E-state index in [0.717, 1.165) is 11.5 Å². The van der Waals surface area contributed by atoms with Crippen LogP contribution in [0.4, 0.5) is 0 Å². The van der Waals surface area contributed by atoms with Crippen molar-refractivity contribution in [3.8, 4) is 11.5 Å². The fourth-order valence-corrected chi connectivity index (χ4v) is 3.21. The third-order valence-corrected chi connectivity index (χ3v) is 5.30. The van der Waals surface area contributed by atoms with Gasteiger partial charge in [-0.1, -0.05) is 6.07 Å².